The van der Waals surface area contributed by atoms with Gasteiger partial charge in [-0.25, -0.2) is 0 Å². The van der Waals surface area contributed by atoms with Crippen molar-refractivity contribution in [2.45, 2.75) is 39.0 Å². The van der Waals surface area contributed by atoms with E-state index in [-0.39, 0.29) is 30.0 Å². The molecule has 1 aliphatic rings. The van der Waals surface area contributed by atoms with Crippen molar-refractivity contribution >= 4 is 29.9 Å². The number of rotatable bonds is 5. The first kappa shape index (κ1) is 23.0. The molecule has 0 radical (unpaired) electrons. The van der Waals surface area contributed by atoms with E-state index in [4.69, 9.17) is 0 Å². The van der Waals surface area contributed by atoms with Crippen molar-refractivity contribution < 1.29 is 13.2 Å². The smallest absolute Gasteiger partial charge is 0.352 e. The standard InChI is InChI=1S/C18H27F3N4.HI/c1-4-22-17(24(3)11-15-7-5-14(2)6-8-15)23-16-9-10-25(12-16)13-18(19,20)21;/h5-8,16H,4,9-13H2,1-3H3,(H,22,23);1H. The van der Waals surface area contributed by atoms with E-state index in [0.717, 1.165) is 5.96 Å². The highest BCUT2D eigenvalue weighted by atomic mass is 127. The predicted molar refractivity (Wildman–Crippen MR) is 110 cm³/mol. The Bertz CT molecular complexity index is 575. The third-order valence-corrected chi connectivity index (χ3v) is 4.22. The molecule has 1 N–H and O–H groups in total. The lowest BCUT2D eigenvalue weighted by molar-refractivity contribution is -0.143. The van der Waals surface area contributed by atoms with Crippen molar-refractivity contribution in [3.05, 3.63) is 35.4 Å². The van der Waals surface area contributed by atoms with Gasteiger partial charge in [0.1, 0.15) is 0 Å². The fraction of sp³-hybridized carbons (Fsp3) is 0.611. The van der Waals surface area contributed by atoms with Gasteiger partial charge < -0.3 is 10.2 Å². The van der Waals surface area contributed by atoms with Gasteiger partial charge in [-0.2, -0.15) is 13.2 Å². The molecule has 0 amide bonds. The topological polar surface area (TPSA) is 30.9 Å². The Morgan fingerprint density at radius 2 is 1.96 bits per heavy atom. The van der Waals surface area contributed by atoms with Crippen LogP contribution in [0, 0.1) is 6.92 Å². The quantitative estimate of drug-likeness (QED) is 0.394. The molecule has 8 heteroatoms. The number of hydrogen-bond donors (Lipinski definition) is 1. The summed E-state index contributed by atoms with van der Waals surface area (Å²) in [7, 11) is 1.95. The molecular weight excluding hydrogens is 456 g/mol. The van der Waals surface area contributed by atoms with Crippen LogP contribution in [0.2, 0.25) is 0 Å². The maximum Gasteiger partial charge on any atom is 0.401 e. The number of nitrogens with one attached hydrogen (secondary N) is 1. The molecule has 1 heterocycles. The molecule has 148 valence electrons. The number of aliphatic imine (C=N–C) groups is 1. The van der Waals surface area contributed by atoms with Crippen molar-refractivity contribution in [3.8, 4) is 0 Å². The lowest BCUT2D eigenvalue weighted by Gasteiger charge is -2.26. The molecule has 0 spiro atoms. The van der Waals surface area contributed by atoms with Crippen molar-refractivity contribution in [3.63, 3.8) is 0 Å². The summed E-state index contributed by atoms with van der Waals surface area (Å²) < 4.78 is 37.6. The second-order valence-corrected chi connectivity index (χ2v) is 6.62. The van der Waals surface area contributed by atoms with Crippen molar-refractivity contribution in [2.75, 3.05) is 33.2 Å². The van der Waals surface area contributed by atoms with E-state index in [1.54, 1.807) is 0 Å². The summed E-state index contributed by atoms with van der Waals surface area (Å²) in [4.78, 5) is 7.95. The molecule has 1 fully saturated rings. The third-order valence-electron chi connectivity index (χ3n) is 4.22. The monoisotopic (exact) mass is 484 g/mol. The lowest BCUT2D eigenvalue weighted by Crippen LogP contribution is -2.45. The van der Waals surface area contributed by atoms with Gasteiger partial charge >= 0.3 is 6.18 Å². The average Bonchev–Trinajstić information content (AvgIpc) is 2.94. The van der Waals surface area contributed by atoms with E-state index in [2.05, 4.69) is 34.6 Å². The van der Waals surface area contributed by atoms with Crippen LogP contribution in [0.5, 0.6) is 0 Å². The highest BCUT2D eigenvalue weighted by molar-refractivity contribution is 14.0. The minimum atomic E-state index is -4.14. The van der Waals surface area contributed by atoms with Gasteiger partial charge in [0.2, 0.25) is 0 Å². The first-order valence-corrected chi connectivity index (χ1v) is 8.63. The molecule has 1 aliphatic heterocycles. The molecule has 1 aromatic carbocycles. The largest absolute Gasteiger partial charge is 0.401 e. The predicted octanol–water partition coefficient (Wildman–Crippen LogP) is 3.65. The molecular formula is C18H28F3IN4. The zero-order valence-electron chi connectivity index (χ0n) is 15.5. The zero-order valence-corrected chi connectivity index (χ0v) is 17.8. The van der Waals surface area contributed by atoms with Crippen LogP contribution in [-0.4, -0.2) is 61.2 Å². The van der Waals surface area contributed by atoms with E-state index < -0.39 is 12.7 Å². The Balaban J connectivity index is 0.00000338. The van der Waals surface area contributed by atoms with Crippen LogP contribution in [-0.2, 0) is 6.54 Å². The number of halogens is 4. The average molecular weight is 484 g/mol. The fourth-order valence-electron chi connectivity index (χ4n) is 3.00. The van der Waals surface area contributed by atoms with E-state index in [9.17, 15) is 13.2 Å². The van der Waals surface area contributed by atoms with E-state index in [1.807, 2.05) is 25.8 Å². The van der Waals surface area contributed by atoms with Gasteiger partial charge in [0, 0.05) is 39.3 Å². The van der Waals surface area contributed by atoms with Gasteiger partial charge in [0.25, 0.3) is 0 Å². The number of hydrogen-bond acceptors (Lipinski definition) is 2. The number of guanidine groups is 1. The third kappa shape index (κ3) is 7.69. The Hall–Kier alpha value is -1.03. The maximum absolute atomic E-state index is 12.5. The van der Waals surface area contributed by atoms with Crippen LogP contribution < -0.4 is 5.32 Å². The van der Waals surface area contributed by atoms with Crippen LogP contribution >= 0.6 is 24.0 Å². The normalized spacial score (nSPS) is 18.5. The van der Waals surface area contributed by atoms with Gasteiger partial charge in [-0.3, -0.25) is 9.89 Å². The number of nitrogens with zero attached hydrogens (tertiary/aromatic N) is 3. The summed E-state index contributed by atoms with van der Waals surface area (Å²) in [6.45, 7) is 5.33. The zero-order chi connectivity index (χ0) is 18.4. The van der Waals surface area contributed by atoms with Crippen LogP contribution in [0.3, 0.4) is 0 Å². The van der Waals surface area contributed by atoms with Gasteiger partial charge in [0.05, 0.1) is 6.54 Å². The Kier molecular flexibility index (Phi) is 9.15. The summed E-state index contributed by atoms with van der Waals surface area (Å²) in [6, 6.07) is 8.29. The molecule has 1 saturated heterocycles. The summed E-state index contributed by atoms with van der Waals surface area (Å²) >= 11 is 0. The van der Waals surface area contributed by atoms with Crippen molar-refractivity contribution in [1.82, 2.24) is 15.1 Å². The van der Waals surface area contributed by atoms with Gasteiger partial charge in [0.15, 0.2) is 5.96 Å². The molecule has 1 unspecified atom stereocenters. The van der Waals surface area contributed by atoms with Gasteiger partial charge in [-0.05, 0) is 25.8 Å². The van der Waals surface area contributed by atoms with Gasteiger partial charge in [-0.15, -0.1) is 24.0 Å². The fourth-order valence-corrected chi connectivity index (χ4v) is 3.00. The van der Waals surface area contributed by atoms with E-state index >= 15 is 0 Å². The molecule has 0 aliphatic carbocycles. The molecule has 2 rings (SSSR count). The Morgan fingerprint density at radius 3 is 2.54 bits per heavy atom. The summed E-state index contributed by atoms with van der Waals surface area (Å²) in [5.74, 6) is 0.738. The highest BCUT2D eigenvalue weighted by Gasteiger charge is 2.34. The molecule has 1 atom stereocenters. The van der Waals surface area contributed by atoms with Crippen LogP contribution in [0.25, 0.3) is 0 Å². The summed E-state index contributed by atoms with van der Waals surface area (Å²) in [6.07, 6.45) is -3.45. The van der Waals surface area contributed by atoms with Crippen LogP contribution in [0.15, 0.2) is 29.3 Å². The van der Waals surface area contributed by atoms with Gasteiger partial charge in [-0.1, -0.05) is 29.8 Å². The summed E-state index contributed by atoms with van der Waals surface area (Å²) in [5, 5.41) is 3.33. The number of aryl methyl sites for hydroxylation is 1. The number of likely N-dealkylation sites (tertiary alicyclic amines) is 1. The second kappa shape index (κ2) is 10.3. The number of benzene rings is 1. The maximum atomic E-state index is 12.5. The van der Waals surface area contributed by atoms with E-state index in [0.29, 0.717) is 32.6 Å². The first-order chi connectivity index (χ1) is 11.8. The minimum absolute atomic E-state index is 0. The molecule has 4 nitrogen and oxygen atoms in total. The van der Waals surface area contributed by atoms with Crippen molar-refractivity contribution in [1.29, 1.82) is 0 Å². The first-order valence-electron chi connectivity index (χ1n) is 8.63. The molecule has 0 saturated carbocycles. The Morgan fingerprint density at radius 1 is 1.31 bits per heavy atom. The SMILES string of the molecule is CCN=C(NC1CCN(CC(F)(F)F)C1)N(C)Cc1ccc(C)cc1.I. The Labute approximate surface area is 170 Å². The minimum Gasteiger partial charge on any atom is -0.352 e. The molecule has 26 heavy (non-hydrogen) atoms. The van der Waals surface area contributed by atoms with Crippen LogP contribution in [0.1, 0.15) is 24.5 Å². The number of alkyl halides is 3. The van der Waals surface area contributed by atoms with Crippen LogP contribution in [0.4, 0.5) is 13.2 Å². The molecule has 0 bridgehead atoms. The second-order valence-electron chi connectivity index (χ2n) is 6.62. The highest BCUT2D eigenvalue weighted by Crippen LogP contribution is 2.20. The van der Waals surface area contributed by atoms with E-state index in [1.165, 1.54) is 16.0 Å². The lowest BCUT2D eigenvalue weighted by atomic mass is 10.1. The molecule has 0 aromatic heterocycles. The molecule has 1 aromatic rings. The van der Waals surface area contributed by atoms with Crippen molar-refractivity contribution in [2.24, 2.45) is 4.99 Å². The summed E-state index contributed by atoms with van der Waals surface area (Å²) in [5.41, 5.74) is 2.38.